The zero-order chi connectivity index (χ0) is 13.9. The minimum Gasteiger partial charge on any atom is -0.349 e. The fraction of sp³-hybridized carbons (Fsp3) is 0.235. The van der Waals surface area contributed by atoms with Gasteiger partial charge in [0.05, 0.1) is 0 Å². The van der Waals surface area contributed by atoms with Crippen LogP contribution in [0, 0.1) is 5.82 Å². The number of hydrogen-bond acceptors (Lipinski definition) is 1. The summed E-state index contributed by atoms with van der Waals surface area (Å²) in [6, 6.07) is 14.2. The number of halogens is 1. The van der Waals surface area contributed by atoms with Gasteiger partial charge in [0.2, 0.25) is 0 Å². The molecule has 102 valence electrons. The molecule has 2 nitrogen and oxygen atoms in total. The molecule has 0 bridgehead atoms. The Labute approximate surface area is 117 Å². The third-order valence-electron chi connectivity index (χ3n) is 3.79. The summed E-state index contributed by atoms with van der Waals surface area (Å²) >= 11 is 0. The standard InChI is InChI=1S/C17H16FNO/c18-15-8-5-13(6-9-15)17(20)19-16-10-7-12-3-1-2-4-14(12)11-16/h1-6,8-9,16H,7,10-11H2,(H,19,20)/t16-/m1/s1. The highest BCUT2D eigenvalue weighted by atomic mass is 19.1. The summed E-state index contributed by atoms with van der Waals surface area (Å²) in [5, 5.41) is 3.03. The maximum Gasteiger partial charge on any atom is 0.251 e. The van der Waals surface area contributed by atoms with E-state index in [1.807, 2.05) is 6.07 Å². The van der Waals surface area contributed by atoms with Crippen LogP contribution in [0.15, 0.2) is 48.5 Å². The van der Waals surface area contributed by atoms with E-state index in [1.165, 1.54) is 35.4 Å². The Morgan fingerprint density at radius 1 is 1.05 bits per heavy atom. The van der Waals surface area contributed by atoms with Crippen molar-refractivity contribution in [2.24, 2.45) is 0 Å². The first-order valence-electron chi connectivity index (χ1n) is 6.85. The molecule has 1 aliphatic rings. The molecular formula is C17H16FNO. The Morgan fingerprint density at radius 3 is 2.50 bits per heavy atom. The van der Waals surface area contributed by atoms with Crippen molar-refractivity contribution >= 4 is 5.91 Å². The van der Waals surface area contributed by atoms with Crippen LogP contribution >= 0.6 is 0 Å². The largest absolute Gasteiger partial charge is 0.349 e. The van der Waals surface area contributed by atoms with E-state index in [4.69, 9.17) is 0 Å². The number of carbonyl (C=O) groups is 1. The van der Waals surface area contributed by atoms with Gasteiger partial charge in [-0.3, -0.25) is 4.79 Å². The summed E-state index contributed by atoms with van der Waals surface area (Å²) in [6.45, 7) is 0. The number of amides is 1. The van der Waals surface area contributed by atoms with Crippen LogP contribution in [-0.4, -0.2) is 11.9 Å². The molecule has 0 unspecified atom stereocenters. The van der Waals surface area contributed by atoms with Crippen LogP contribution in [0.4, 0.5) is 4.39 Å². The van der Waals surface area contributed by atoms with E-state index in [0.717, 1.165) is 19.3 Å². The van der Waals surface area contributed by atoms with Gasteiger partial charge in [-0.25, -0.2) is 4.39 Å². The number of fused-ring (bicyclic) bond motifs is 1. The van der Waals surface area contributed by atoms with Crippen molar-refractivity contribution in [3.05, 3.63) is 71.0 Å². The molecule has 3 rings (SSSR count). The number of carbonyl (C=O) groups excluding carboxylic acids is 1. The van der Waals surface area contributed by atoms with Gasteiger partial charge in [-0.1, -0.05) is 24.3 Å². The van der Waals surface area contributed by atoms with Gasteiger partial charge in [-0.15, -0.1) is 0 Å². The first kappa shape index (κ1) is 12.9. The van der Waals surface area contributed by atoms with E-state index in [9.17, 15) is 9.18 Å². The quantitative estimate of drug-likeness (QED) is 0.891. The lowest BCUT2D eigenvalue weighted by atomic mass is 9.88. The average Bonchev–Trinajstić information content (AvgIpc) is 2.48. The molecule has 0 aliphatic heterocycles. The Morgan fingerprint density at radius 2 is 1.75 bits per heavy atom. The molecule has 0 aromatic heterocycles. The second kappa shape index (κ2) is 5.45. The van der Waals surface area contributed by atoms with E-state index in [0.29, 0.717) is 5.56 Å². The number of nitrogens with one attached hydrogen (secondary N) is 1. The van der Waals surface area contributed by atoms with Gasteiger partial charge >= 0.3 is 0 Å². The SMILES string of the molecule is O=C(N[C@@H]1CCc2ccccc2C1)c1ccc(F)cc1. The van der Waals surface area contributed by atoms with Crippen LogP contribution in [0.5, 0.6) is 0 Å². The molecule has 0 saturated carbocycles. The average molecular weight is 269 g/mol. The predicted octanol–water partition coefficient (Wildman–Crippen LogP) is 3.11. The summed E-state index contributed by atoms with van der Waals surface area (Å²) in [7, 11) is 0. The molecule has 1 N–H and O–H groups in total. The van der Waals surface area contributed by atoms with Crippen LogP contribution in [0.2, 0.25) is 0 Å². The van der Waals surface area contributed by atoms with Gasteiger partial charge in [0.15, 0.2) is 0 Å². The van der Waals surface area contributed by atoms with E-state index in [1.54, 1.807) is 0 Å². The first-order chi connectivity index (χ1) is 9.72. The Hall–Kier alpha value is -2.16. The van der Waals surface area contributed by atoms with Crippen molar-refractivity contribution in [3.63, 3.8) is 0 Å². The lowest BCUT2D eigenvalue weighted by molar-refractivity contribution is 0.0933. The monoisotopic (exact) mass is 269 g/mol. The van der Waals surface area contributed by atoms with Crippen LogP contribution < -0.4 is 5.32 Å². The Kier molecular flexibility index (Phi) is 3.50. The smallest absolute Gasteiger partial charge is 0.251 e. The van der Waals surface area contributed by atoms with Crippen LogP contribution in [-0.2, 0) is 12.8 Å². The van der Waals surface area contributed by atoms with Crippen LogP contribution in [0.1, 0.15) is 27.9 Å². The van der Waals surface area contributed by atoms with E-state index in [-0.39, 0.29) is 17.8 Å². The molecule has 0 saturated heterocycles. The highest BCUT2D eigenvalue weighted by molar-refractivity contribution is 5.94. The molecular weight excluding hydrogens is 253 g/mol. The Bertz CT molecular complexity index is 621. The summed E-state index contributed by atoms with van der Waals surface area (Å²) in [6.07, 6.45) is 2.80. The number of benzene rings is 2. The second-order valence-electron chi connectivity index (χ2n) is 5.19. The Balaban J connectivity index is 1.67. The molecule has 0 spiro atoms. The van der Waals surface area contributed by atoms with Crippen molar-refractivity contribution in [2.75, 3.05) is 0 Å². The third kappa shape index (κ3) is 2.72. The zero-order valence-corrected chi connectivity index (χ0v) is 11.1. The lowest BCUT2D eigenvalue weighted by Gasteiger charge is -2.25. The first-order valence-corrected chi connectivity index (χ1v) is 6.85. The fourth-order valence-electron chi connectivity index (χ4n) is 2.69. The molecule has 2 aromatic rings. The molecule has 1 amide bonds. The molecule has 1 aliphatic carbocycles. The van der Waals surface area contributed by atoms with Gasteiger partial charge in [0, 0.05) is 11.6 Å². The van der Waals surface area contributed by atoms with Gasteiger partial charge in [0.1, 0.15) is 5.82 Å². The van der Waals surface area contributed by atoms with Crippen molar-refractivity contribution in [3.8, 4) is 0 Å². The summed E-state index contributed by atoms with van der Waals surface area (Å²) in [5.41, 5.74) is 3.19. The maximum atomic E-state index is 12.8. The number of hydrogen-bond donors (Lipinski definition) is 1. The van der Waals surface area contributed by atoms with E-state index in [2.05, 4.69) is 23.5 Å². The van der Waals surface area contributed by atoms with Crippen LogP contribution in [0.25, 0.3) is 0 Å². The molecule has 2 aromatic carbocycles. The zero-order valence-electron chi connectivity index (χ0n) is 11.1. The maximum absolute atomic E-state index is 12.8. The van der Waals surface area contributed by atoms with Crippen molar-refractivity contribution in [1.82, 2.24) is 5.32 Å². The molecule has 0 fully saturated rings. The van der Waals surface area contributed by atoms with Crippen molar-refractivity contribution < 1.29 is 9.18 Å². The van der Waals surface area contributed by atoms with Gasteiger partial charge in [-0.2, -0.15) is 0 Å². The molecule has 1 atom stereocenters. The molecule has 3 heteroatoms. The summed E-state index contributed by atoms with van der Waals surface area (Å²) < 4.78 is 12.8. The van der Waals surface area contributed by atoms with Crippen molar-refractivity contribution in [1.29, 1.82) is 0 Å². The van der Waals surface area contributed by atoms with Gasteiger partial charge in [-0.05, 0) is 54.7 Å². The fourth-order valence-corrected chi connectivity index (χ4v) is 2.69. The molecule has 0 radical (unpaired) electrons. The van der Waals surface area contributed by atoms with Crippen LogP contribution in [0.3, 0.4) is 0 Å². The highest BCUT2D eigenvalue weighted by Crippen LogP contribution is 2.21. The minimum absolute atomic E-state index is 0.130. The third-order valence-corrected chi connectivity index (χ3v) is 3.79. The van der Waals surface area contributed by atoms with E-state index >= 15 is 0 Å². The predicted molar refractivity (Wildman–Crippen MR) is 76.1 cm³/mol. The molecule has 0 heterocycles. The summed E-state index contributed by atoms with van der Waals surface area (Å²) in [4.78, 5) is 12.1. The lowest BCUT2D eigenvalue weighted by Crippen LogP contribution is -2.38. The number of rotatable bonds is 2. The highest BCUT2D eigenvalue weighted by Gasteiger charge is 2.20. The molecule has 20 heavy (non-hydrogen) atoms. The van der Waals surface area contributed by atoms with Gasteiger partial charge in [0.25, 0.3) is 5.91 Å². The topological polar surface area (TPSA) is 29.1 Å². The summed E-state index contributed by atoms with van der Waals surface area (Å²) in [5.74, 6) is -0.456. The number of aryl methyl sites for hydroxylation is 1. The van der Waals surface area contributed by atoms with Crippen molar-refractivity contribution in [2.45, 2.75) is 25.3 Å². The normalized spacial score (nSPS) is 17.4. The minimum atomic E-state index is -0.326. The second-order valence-corrected chi connectivity index (χ2v) is 5.19. The van der Waals surface area contributed by atoms with Gasteiger partial charge < -0.3 is 5.32 Å². The van der Waals surface area contributed by atoms with E-state index < -0.39 is 0 Å².